The predicted molar refractivity (Wildman–Crippen MR) is 95.8 cm³/mol. The molecule has 2 heterocycles. The number of thiophene rings is 1. The van der Waals surface area contributed by atoms with Gasteiger partial charge in [-0.2, -0.15) is 0 Å². The van der Waals surface area contributed by atoms with E-state index < -0.39 is 0 Å². The molecule has 0 atom stereocenters. The number of aromatic nitrogens is 1. The molecule has 0 unspecified atom stereocenters. The molecule has 23 heavy (non-hydrogen) atoms. The van der Waals surface area contributed by atoms with E-state index in [0.717, 1.165) is 26.2 Å². The molecule has 0 radical (unpaired) electrons. The maximum absolute atomic E-state index is 12.1. The fourth-order valence-electron chi connectivity index (χ4n) is 2.03. The Labute approximate surface area is 146 Å². The molecule has 7 heteroatoms. The van der Waals surface area contributed by atoms with Crippen LogP contribution in [0.5, 0.6) is 5.75 Å². The summed E-state index contributed by atoms with van der Waals surface area (Å²) in [6.07, 6.45) is 0.275. The summed E-state index contributed by atoms with van der Waals surface area (Å²) < 4.78 is 5.88. The van der Waals surface area contributed by atoms with Crippen molar-refractivity contribution in [2.75, 3.05) is 12.4 Å². The van der Waals surface area contributed by atoms with Crippen LogP contribution >= 0.6 is 34.3 Å². The standard InChI is InChI=1S/C16H13ClN2O2S2/c1-21-11-4-2-3-10(7-11)8-15(20)19-16-18-12(9-22-16)13-5-6-14(17)23-13/h2-7,9H,8H2,1H3,(H,18,19,20). The largest absolute Gasteiger partial charge is 0.497 e. The second kappa shape index (κ2) is 7.12. The molecule has 2 aromatic heterocycles. The topological polar surface area (TPSA) is 51.2 Å². The van der Waals surface area contributed by atoms with Gasteiger partial charge >= 0.3 is 0 Å². The zero-order valence-electron chi connectivity index (χ0n) is 12.2. The summed E-state index contributed by atoms with van der Waals surface area (Å²) >= 11 is 8.79. The van der Waals surface area contributed by atoms with E-state index in [1.807, 2.05) is 41.8 Å². The number of benzene rings is 1. The van der Waals surface area contributed by atoms with Crippen LogP contribution < -0.4 is 10.1 Å². The maximum Gasteiger partial charge on any atom is 0.230 e. The van der Waals surface area contributed by atoms with Crippen molar-refractivity contribution < 1.29 is 9.53 Å². The van der Waals surface area contributed by atoms with Gasteiger partial charge in [0.2, 0.25) is 5.91 Å². The number of thiazole rings is 1. The van der Waals surface area contributed by atoms with Gasteiger partial charge in [0.25, 0.3) is 0 Å². The highest BCUT2D eigenvalue weighted by atomic mass is 35.5. The first-order valence-corrected chi connectivity index (χ1v) is 8.85. The minimum absolute atomic E-state index is 0.108. The van der Waals surface area contributed by atoms with Crippen molar-refractivity contribution >= 4 is 45.3 Å². The molecular formula is C16H13ClN2O2S2. The summed E-state index contributed by atoms with van der Waals surface area (Å²) in [6, 6.07) is 11.2. The number of hydrogen-bond acceptors (Lipinski definition) is 5. The van der Waals surface area contributed by atoms with E-state index in [9.17, 15) is 4.79 Å². The minimum atomic E-state index is -0.108. The zero-order valence-corrected chi connectivity index (χ0v) is 14.6. The van der Waals surface area contributed by atoms with Crippen molar-refractivity contribution in [3.63, 3.8) is 0 Å². The van der Waals surface area contributed by atoms with Crippen molar-refractivity contribution in [2.24, 2.45) is 0 Å². The molecule has 1 amide bonds. The molecular weight excluding hydrogens is 352 g/mol. The van der Waals surface area contributed by atoms with Crippen LogP contribution in [-0.4, -0.2) is 18.0 Å². The molecule has 0 saturated heterocycles. The van der Waals surface area contributed by atoms with Crippen LogP contribution in [0.1, 0.15) is 5.56 Å². The van der Waals surface area contributed by atoms with E-state index in [2.05, 4.69) is 10.3 Å². The molecule has 3 rings (SSSR count). The molecule has 4 nitrogen and oxygen atoms in total. The lowest BCUT2D eigenvalue weighted by Gasteiger charge is -2.04. The highest BCUT2D eigenvalue weighted by Gasteiger charge is 2.10. The third-order valence-corrected chi connectivity index (χ3v) is 5.09. The summed E-state index contributed by atoms with van der Waals surface area (Å²) in [5.74, 6) is 0.629. The molecule has 0 aliphatic heterocycles. The Morgan fingerprint density at radius 2 is 2.22 bits per heavy atom. The summed E-state index contributed by atoms with van der Waals surface area (Å²) in [5, 5.41) is 5.31. The number of nitrogens with zero attached hydrogens (tertiary/aromatic N) is 1. The summed E-state index contributed by atoms with van der Waals surface area (Å²) in [6.45, 7) is 0. The van der Waals surface area contributed by atoms with Gasteiger partial charge in [0.05, 0.1) is 28.4 Å². The first-order chi connectivity index (χ1) is 11.1. The average molecular weight is 365 g/mol. The summed E-state index contributed by atoms with van der Waals surface area (Å²) in [4.78, 5) is 17.5. The Hall–Kier alpha value is -1.89. The maximum atomic E-state index is 12.1. The van der Waals surface area contributed by atoms with Crippen LogP contribution in [0.15, 0.2) is 41.8 Å². The van der Waals surface area contributed by atoms with Gasteiger partial charge in [0.15, 0.2) is 5.13 Å². The van der Waals surface area contributed by atoms with Gasteiger partial charge in [-0.1, -0.05) is 23.7 Å². The number of carbonyl (C=O) groups is 1. The molecule has 118 valence electrons. The van der Waals surface area contributed by atoms with Crippen molar-refractivity contribution in [3.05, 3.63) is 51.7 Å². The quantitative estimate of drug-likeness (QED) is 0.713. The number of anilines is 1. The lowest BCUT2D eigenvalue weighted by atomic mass is 10.1. The monoisotopic (exact) mass is 364 g/mol. The molecule has 1 N–H and O–H groups in total. The third-order valence-electron chi connectivity index (χ3n) is 3.08. The van der Waals surface area contributed by atoms with Gasteiger partial charge in [0.1, 0.15) is 5.75 Å². The lowest BCUT2D eigenvalue weighted by molar-refractivity contribution is -0.115. The number of amides is 1. The fraction of sp³-hybridized carbons (Fsp3) is 0.125. The van der Waals surface area contributed by atoms with Crippen LogP contribution in [-0.2, 0) is 11.2 Å². The molecule has 0 saturated carbocycles. The average Bonchev–Trinajstić information content (AvgIpc) is 3.16. The van der Waals surface area contributed by atoms with Crippen LogP contribution in [0, 0.1) is 0 Å². The van der Waals surface area contributed by atoms with Crippen molar-refractivity contribution in [1.82, 2.24) is 4.98 Å². The smallest absolute Gasteiger partial charge is 0.230 e. The van der Waals surface area contributed by atoms with Crippen LogP contribution in [0.2, 0.25) is 4.34 Å². The SMILES string of the molecule is COc1cccc(CC(=O)Nc2nc(-c3ccc(Cl)s3)cs2)c1. The number of rotatable bonds is 5. The molecule has 0 aliphatic carbocycles. The number of halogens is 1. The fourth-order valence-corrected chi connectivity index (χ4v) is 3.83. The van der Waals surface area contributed by atoms with Crippen LogP contribution in [0.3, 0.4) is 0 Å². The molecule has 0 aliphatic rings. The summed E-state index contributed by atoms with van der Waals surface area (Å²) in [5.41, 5.74) is 1.72. The van der Waals surface area contributed by atoms with Gasteiger partial charge in [0, 0.05) is 5.38 Å². The Balaban J connectivity index is 1.65. The van der Waals surface area contributed by atoms with Gasteiger partial charge in [-0.15, -0.1) is 22.7 Å². The Morgan fingerprint density at radius 1 is 1.35 bits per heavy atom. The van der Waals surface area contributed by atoms with Gasteiger partial charge in [-0.05, 0) is 29.8 Å². The Morgan fingerprint density at radius 3 is 2.96 bits per heavy atom. The van der Waals surface area contributed by atoms with E-state index in [4.69, 9.17) is 16.3 Å². The third kappa shape index (κ3) is 4.10. The normalized spacial score (nSPS) is 10.5. The van der Waals surface area contributed by atoms with Gasteiger partial charge in [-0.25, -0.2) is 4.98 Å². The summed E-state index contributed by atoms with van der Waals surface area (Å²) in [7, 11) is 1.60. The Kier molecular flexibility index (Phi) is 4.95. The van der Waals surface area contributed by atoms with Crippen LogP contribution in [0.4, 0.5) is 5.13 Å². The van der Waals surface area contributed by atoms with Gasteiger partial charge in [-0.3, -0.25) is 4.79 Å². The predicted octanol–water partition coefficient (Wildman–Crippen LogP) is 4.71. The molecule has 3 aromatic rings. The highest BCUT2D eigenvalue weighted by Crippen LogP contribution is 2.32. The van der Waals surface area contributed by atoms with Crippen LogP contribution in [0.25, 0.3) is 10.6 Å². The Bertz CT molecular complexity index is 829. The number of carbonyl (C=O) groups excluding carboxylic acids is 1. The first kappa shape index (κ1) is 16.0. The molecule has 0 fully saturated rings. The van der Waals surface area contributed by atoms with E-state index in [1.165, 1.54) is 22.7 Å². The molecule has 0 bridgehead atoms. The van der Waals surface area contributed by atoms with E-state index >= 15 is 0 Å². The van der Waals surface area contributed by atoms with Crippen molar-refractivity contribution in [3.8, 4) is 16.3 Å². The number of hydrogen-bond donors (Lipinski definition) is 1. The molecule has 1 aromatic carbocycles. The second-order valence-corrected chi connectivity index (χ2v) is 7.29. The van der Waals surface area contributed by atoms with E-state index in [-0.39, 0.29) is 12.3 Å². The second-order valence-electron chi connectivity index (χ2n) is 4.72. The minimum Gasteiger partial charge on any atom is -0.497 e. The number of methoxy groups -OCH3 is 1. The van der Waals surface area contributed by atoms with Crippen molar-refractivity contribution in [1.29, 1.82) is 0 Å². The zero-order chi connectivity index (χ0) is 16.2. The van der Waals surface area contributed by atoms with E-state index in [1.54, 1.807) is 7.11 Å². The van der Waals surface area contributed by atoms with E-state index in [0.29, 0.717) is 5.13 Å². The number of nitrogens with one attached hydrogen (secondary N) is 1. The molecule has 0 spiro atoms. The van der Waals surface area contributed by atoms with Gasteiger partial charge < -0.3 is 10.1 Å². The lowest BCUT2D eigenvalue weighted by Crippen LogP contribution is -2.14. The highest BCUT2D eigenvalue weighted by molar-refractivity contribution is 7.20. The first-order valence-electron chi connectivity index (χ1n) is 6.78. The number of ether oxygens (including phenoxy) is 1. The van der Waals surface area contributed by atoms with Crippen molar-refractivity contribution in [2.45, 2.75) is 6.42 Å².